The van der Waals surface area contributed by atoms with Gasteiger partial charge in [-0.3, -0.25) is 4.79 Å². The lowest BCUT2D eigenvalue weighted by Gasteiger charge is -2.13. The summed E-state index contributed by atoms with van der Waals surface area (Å²) in [5.74, 6) is 0.782. The van der Waals surface area contributed by atoms with E-state index in [9.17, 15) is 4.79 Å². The van der Waals surface area contributed by atoms with E-state index in [2.05, 4.69) is 5.32 Å². The Kier molecular flexibility index (Phi) is 4.62. The molecule has 1 N–H and O–H groups in total. The number of aromatic nitrogens is 1. The third-order valence-corrected chi connectivity index (χ3v) is 4.04. The van der Waals surface area contributed by atoms with Crippen molar-refractivity contribution < 1.29 is 14.3 Å². The van der Waals surface area contributed by atoms with Crippen LogP contribution in [-0.2, 0) is 11.3 Å². The Morgan fingerprint density at radius 1 is 1.12 bits per heavy atom. The van der Waals surface area contributed by atoms with Gasteiger partial charge in [-0.2, -0.15) is 0 Å². The van der Waals surface area contributed by atoms with Crippen LogP contribution in [0.3, 0.4) is 0 Å². The van der Waals surface area contributed by atoms with Gasteiger partial charge in [-0.05, 0) is 17.5 Å². The molecule has 5 nitrogen and oxygen atoms in total. The van der Waals surface area contributed by atoms with E-state index < -0.39 is 0 Å². The molecule has 0 saturated heterocycles. The number of carbonyl (C=O) groups excluding carboxylic acids is 1. The van der Waals surface area contributed by atoms with E-state index in [1.165, 1.54) is 14.2 Å². The quantitative estimate of drug-likeness (QED) is 0.762. The number of hydrogen-bond acceptors (Lipinski definition) is 3. The molecular weight excluding hydrogens is 328 g/mol. The lowest BCUT2D eigenvalue weighted by atomic mass is 10.2. The summed E-state index contributed by atoms with van der Waals surface area (Å²) < 4.78 is 12.3. The summed E-state index contributed by atoms with van der Waals surface area (Å²) >= 11 is 6.08. The Labute approximate surface area is 144 Å². The van der Waals surface area contributed by atoms with Gasteiger partial charge in [0.1, 0.15) is 18.0 Å². The molecule has 1 heterocycles. The van der Waals surface area contributed by atoms with E-state index in [-0.39, 0.29) is 12.5 Å². The fourth-order valence-electron chi connectivity index (χ4n) is 2.58. The van der Waals surface area contributed by atoms with Crippen molar-refractivity contribution in [2.75, 3.05) is 19.5 Å². The minimum absolute atomic E-state index is 0.168. The second kappa shape index (κ2) is 6.84. The summed E-state index contributed by atoms with van der Waals surface area (Å²) in [6.07, 6.45) is 1.89. The molecule has 0 radical (unpaired) electrons. The van der Waals surface area contributed by atoms with Crippen molar-refractivity contribution in [1.29, 1.82) is 0 Å². The van der Waals surface area contributed by atoms with Crippen LogP contribution in [0.1, 0.15) is 0 Å². The van der Waals surface area contributed by atoms with E-state index >= 15 is 0 Å². The number of nitrogens with zero attached hydrogens (tertiary/aromatic N) is 1. The fourth-order valence-corrected chi connectivity index (χ4v) is 2.81. The smallest absolute Gasteiger partial charge is 0.244 e. The van der Waals surface area contributed by atoms with Gasteiger partial charge in [0.05, 0.1) is 24.9 Å². The molecule has 6 heteroatoms. The third-order valence-electron chi connectivity index (χ3n) is 3.74. The van der Waals surface area contributed by atoms with E-state index in [0.29, 0.717) is 22.2 Å². The lowest BCUT2D eigenvalue weighted by molar-refractivity contribution is -0.116. The highest BCUT2D eigenvalue weighted by Crippen LogP contribution is 2.35. The molecule has 24 heavy (non-hydrogen) atoms. The Morgan fingerprint density at radius 3 is 2.62 bits per heavy atom. The number of methoxy groups -OCH3 is 2. The van der Waals surface area contributed by atoms with Crippen molar-refractivity contribution in [3.63, 3.8) is 0 Å². The molecule has 3 aromatic rings. The van der Waals surface area contributed by atoms with E-state index in [1.807, 2.05) is 41.1 Å². The molecule has 0 aliphatic carbocycles. The minimum Gasteiger partial charge on any atom is -0.495 e. The van der Waals surface area contributed by atoms with Crippen LogP contribution in [0.5, 0.6) is 11.5 Å². The third kappa shape index (κ3) is 3.16. The van der Waals surface area contributed by atoms with Crippen molar-refractivity contribution in [1.82, 2.24) is 4.57 Å². The SMILES string of the molecule is COc1cc(NC(=O)Cn2ccc3ccccc32)c(OC)cc1Cl. The maximum Gasteiger partial charge on any atom is 0.244 e. The van der Waals surface area contributed by atoms with Crippen molar-refractivity contribution in [2.24, 2.45) is 0 Å². The molecule has 1 amide bonds. The highest BCUT2D eigenvalue weighted by Gasteiger charge is 2.13. The molecule has 0 fully saturated rings. The predicted octanol–water partition coefficient (Wildman–Crippen LogP) is 3.95. The Bertz CT molecular complexity index is 889. The first-order valence-corrected chi connectivity index (χ1v) is 7.75. The molecule has 0 spiro atoms. The maximum absolute atomic E-state index is 12.4. The molecule has 0 unspecified atom stereocenters. The highest BCUT2D eigenvalue weighted by molar-refractivity contribution is 6.32. The number of amides is 1. The molecule has 0 bridgehead atoms. The number of halogens is 1. The molecule has 124 valence electrons. The lowest BCUT2D eigenvalue weighted by Crippen LogP contribution is -2.18. The van der Waals surface area contributed by atoms with E-state index in [1.54, 1.807) is 12.1 Å². The standard InChI is InChI=1S/C18H17ClN2O3/c1-23-16-10-14(17(24-2)9-13(16)19)20-18(22)11-21-8-7-12-5-3-4-6-15(12)21/h3-10H,11H2,1-2H3,(H,20,22). The maximum atomic E-state index is 12.4. The summed E-state index contributed by atoms with van der Waals surface area (Å²) in [7, 11) is 3.04. The molecule has 2 aromatic carbocycles. The summed E-state index contributed by atoms with van der Waals surface area (Å²) in [6, 6.07) is 13.1. The average Bonchev–Trinajstić information content (AvgIpc) is 2.99. The number of carbonyl (C=O) groups is 1. The van der Waals surface area contributed by atoms with Crippen LogP contribution < -0.4 is 14.8 Å². The molecule has 1 aromatic heterocycles. The largest absolute Gasteiger partial charge is 0.495 e. The summed E-state index contributed by atoms with van der Waals surface area (Å²) in [4.78, 5) is 12.4. The Balaban J connectivity index is 1.82. The van der Waals surface area contributed by atoms with Gasteiger partial charge >= 0.3 is 0 Å². The zero-order valence-corrected chi connectivity index (χ0v) is 14.1. The van der Waals surface area contributed by atoms with Gasteiger partial charge in [-0.1, -0.05) is 29.8 Å². The Hall–Kier alpha value is -2.66. The average molecular weight is 345 g/mol. The second-order valence-corrected chi connectivity index (χ2v) is 5.64. The van der Waals surface area contributed by atoms with Crippen molar-refractivity contribution in [2.45, 2.75) is 6.54 Å². The van der Waals surface area contributed by atoms with Gasteiger partial charge in [-0.25, -0.2) is 0 Å². The summed E-state index contributed by atoms with van der Waals surface area (Å²) in [6.45, 7) is 0.196. The summed E-state index contributed by atoms with van der Waals surface area (Å²) in [5, 5.41) is 4.36. The molecule has 0 aliphatic heterocycles. The number of nitrogens with one attached hydrogen (secondary N) is 1. The Morgan fingerprint density at radius 2 is 1.88 bits per heavy atom. The van der Waals surface area contributed by atoms with Gasteiger partial charge in [0, 0.05) is 23.8 Å². The molecule has 0 atom stereocenters. The van der Waals surface area contributed by atoms with Crippen LogP contribution in [0.4, 0.5) is 5.69 Å². The van der Waals surface area contributed by atoms with Crippen LogP contribution in [0.15, 0.2) is 48.7 Å². The van der Waals surface area contributed by atoms with Gasteiger partial charge in [-0.15, -0.1) is 0 Å². The van der Waals surface area contributed by atoms with E-state index in [0.717, 1.165) is 10.9 Å². The fraction of sp³-hybridized carbons (Fsp3) is 0.167. The zero-order valence-electron chi connectivity index (χ0n) is 13.4. The van der Waals surface area contributed by atoms with Gasteiger partial charge in [0.15, 0.2) is 0 Å². The van der Waals surface area contributed by atoms with Crippen molar-refractivity contribution in [3.8, 4) is 11.5 Å². The minimum atomic E-state index is -0.168. The normalized spacial score (nSPS) is 10.6. The number of anilines is 1. The topological polar surface area (TPSA) is 52.5 Å². The van der Waals surface area contributed by atoms with Gasteiger partial charge in [0.25, 0.3) is 0 Å². The first-order valence-electron chi connectivity index (χ1n) is 7.37. The van der Waals surface area contributed by atoms with E-state index in [4.69, 9.17) is 21.1 Å². The summed E-state index contributed by atoms with van der Waals surface area (Å²) in [5.41, 5.74) is 1.52. The predicted molar refractivity (Wildman–Crippen MR) is 95.1 cm³/mol. The first-order chi connectivity index (χ1) is 11.6. The van der Waals surface area contributed by atoms with Crippen LogP contribution in [0.25, 0.3) is 10.9 Å². The number of hydrogen-bond donors (Lipinski definition) is 1. The monoisotopic (exact) mass is 344 g/mol. The van der Waals surface area contributed by atoms with Crippen LogP contribution in [0.2, 0.25) is 5.02 Å². The van der Waals surface area contributed by atoms with Crippen LogP contribution in [0, 0.1) is 0 Å². The molecule has 3 rings (SSSR count). The first kappa shape index (κ1) is 16.2. The molecular formula is C18H17ClN2O3. The van der Waals surface area contributed by atoms with Gasteiger partial charge in [0.2, 0.25) is 5.91 Å². The van der Waals surface area contributed by atoms with Crippen LogP contribution in [-0.4, -0.2) is 24.7 Å². The number of benzene rings is 2. The molecule has 0 saturated carbocycles. The highest BCUT2D eigenvalue weighted by atomic mass is 35.5. The zero-order chi connectivity index (χ0) is 17.1. The number of ether oxygens (including phenoxy) is 2. The number of para-hydroxylation sites is 1. The van der Waals surface area contributed by atoms with Crippen molar-refractivity contribution in [3.05, 3.63) is 53.7 Å². The van der Waals surface area contributed by atoms with Crippen molar-refractivity contribution >= 4 is 34.1 Å². The molecule has 0 aliphatic rings. The second-order valence-electron chi connectivity index (χ2n) is 5.24. The number of rotatable bonds is 5. The van der Waals surface area contributed by atoms with Gasteiger partial charge < -0.3 is 19.4 Å². The number of fused-ring (bicyclic) bond motifs is 1. The van der Waals surface area contributed by atoms with Crippen LogP contribution >= 0.6 is 11.6 Å².